The normalized spacial score (nSPS) is 27.6. The van der Waals surface area contributed by atoms with Gasteiger partial charge in [-0.15, -0.1) is 0 Å². The molecule has 2 aliphatic carbocycles. The maximum absolute atomic E-state index is 3.90. The third kappa shape index (κ3) is 3.52. The minimum absolute atomic E-state index is 0.757. The molecule has 0 heterocycles. The maximum atomic E-state index is 3.90. The Morgan fingerprint density at radius 1 is 1.15 bits per heavy atom. The lowest BCUT2D eigenvalue weighted by Crippen LogP contribution is -2.33. The number of hydrogen-bond acceptors (Lipinski definition) is 1. The Labute approximate surface area is 123 Å². The molecule has 1 aromatic carbocycles. The molecule has 108 valence electrons. The first kappa shape index (κ1) is 13.9. The lowest BCUT2D eigenvalue weighted by Gasteiger charge is -2.23. The van der Waals surface area contributed by atoms with Crippen molar-refractivity contribution in [2.75, 3.05) is 0 Å². The van der Waals surface area contributed by atoms with Gasteiger partial charge < -0.3 is 5.32 Å². The summed E-state index contributed by atoms with van der Waals surface area (Å²) < 4.78 is 0. The van der Waals surface area contributed by atoms with Crippen molar-refractivity contribution >= 4 is 6.08 Å². The van der Waals surface area contributed by atoms with E-state index in [0.717, 1.165) is 18.0 Å². The minimum Gasteiger partial charge on any atom is -0.311 e. The van der Waals surface area contributed by atoms with Crippen LogP contribution in [-0.2, 0) is 0 Å². The second kappa shape index (κ2) is 6.58. The fraction of sp³-hybridized carbons (Fsp3) is 0.579. The Morgan fingerprint density at radius 2 is 1.90 bits per heavy atom. The molecule has 0 radical (unpaired) electrons. The van der Waals surface area contributed by atoms with Gasteiger partial charge >= 0.3 is 0 Å². The molecule has 0 amide bonds. The van der Waals surface area contributed by atoms with Crippen LogP contribution in [0.5, 0.6) is 0 Å². The van der Waals surface area contributed by atoms with Crippen LogP contribution in [0.3, 0.4) is 0 Å². The van der Waals surface area contributed by atoms with Crippen molar-refractivity contribution in [3.8, 4) is 0 Å². The molecule has 0 spiro atoms. The molecule has 1 nitrogen and oxygen atoms in total. The topological polar surface area (TPSA) is 12.0 Å². The van der Waals surface area contributed by atoms with Crippen molar-refractivity contribution < 1.29 is 0 Å². The first-order valence-electron chi connectivity index (χ1n) is 8.38. The van der Waals surface area contributed by atoms with E-state index in [-0.39, 0.29) is 0 Å². The summed E-state index contributed by atoms with van der Waals surface area (Å²) >= 11 is 0. The molecule has 20 heavy (non-hydrogen) atoms. The maximum Gasteiger partial charge on any atom is 0.0142 e. The highest BCUT2D eigenvalue weighted by molar-refractivity contribution is 5.54. The Morgan fingerprint density at radius 3 is 2.60 bits per heavy atom. The number of hydrogen-bond donors (Lipinski definition) is 1. The summed E-state index contributed by atoms with van der Waals surface area (Å²) in [5.74, 6) is 0.794. The van der Waals surface area contributed by atoms with Crippen LogP contribution >= 0.6 is 0 Å². The van der Waals surface area contributed by atoms with Gasteiger partial charge in [-0.3, -0.25) is 0 Å². The second-order valence-electron chi connectivity index (χ2n) is 6.43. The third-order valence-corrected chi connectivity index (χ3v) is 4.88. The summed E-state index contributed by atoms with van der Waals surface area (Å²) in [7, 11) is 0. The van der Waals surface area contributed by atoms with E-state index < -0.39 is 0 Å². The van der Waals surface area contributed by atoms with Gasteiger partial charge in [-0.05, 0) is 37.2 Å². The van der Waals surface area contributed by atoms with Gasteiger partial charge in [-0.2, -0.15) is 0 Å². The molecule has 0 saturated heterocycles. The molecule has 1 unspecified atom stereocenters. The fourth-order valence-electron chi connectivity index (χ4n) is 3.60. The standard InChI is InChI=1S/C19H27N/c1-2-16(13-15-9-5-3-6-10-15)18-14-19(18)20-17-11-7-4-8-12-17/h3,5-6,9-10,13,17-20H,2,4,7-8,11-12,14H2,1H3/b16-13+/t18-,19?/m0/s1. The average Bonchev–Trinajstić information content (AvgIpc) is 3.26. The quantitative estimate of drug-likeness (QED) is 0.810. The summed E-state index contributed by atoms with van der Waals surface area (Å²) in [6.07, 6.45) is 12.0. The molecule has 1 aromatic rings. The zero-order valence-corrected chi connectivity index (χ0v) is 12.6. The molecular weight excluding hydrogens is 242 g/mol. The van der Waals surface area contributed by atoms with E-state index in [1.54, 1.807) is 5.57 Å². The van der Waals surface area contributed by atoms with Crippen LogP contribution in [0.15, 0.2) is 35.9 Å². The van der Waals surface area contributed by atoms with E-state index in [1.807, 2.05) is 0 Å². The van der Waals surface area contributed by atoms with Crippen LogP contribution in [0.4, 0.5) is 0 Å². The molecule has 0 aliphatic heterocycles. The summed E-state index contributed by atoms with van der Waals surface area (Å²) in [6, 6.07) is 12.3. The van der Waals surface area contributed by atoms with Gasteiger partial charge in [0, 0.05) is 12.1 Å². The first-order valence-corrected chi connectivity index (χ1v) is 8.38. The smallest absolute Gasteiger partial charge is 0.0142 e. The van der Waals surface area contributed by atoms with Crippen molar-refractivity contribution in [2.45, 2.75) is 64.0 Å². The van der Waals surface area contributed by atoms with Crippen molar-refractivity contribution in [2.24, 2.45) is 5.92 Å². The van der Waals surface area contributed by atoms with Crippen LogP contribution < -0.4 is 5.32 Å². The Bertz CT molecular complexity index is 442. The second-order valence-corrected chi connectivity index (χ2v) is 6.43. The summed E-state index contributed by atoms with van der Waals surface area (Å²) in [6.45, 7) is 2.30. The summed E-state index contributed by atoms with van der Waals surface area (Å²) in [4.78, 5) is 0. The molecule has 1 N–H and O–H groups in total. The van der Waals surface area contributed by atoms with Crippen molar-refractivity contribution in [3.63, 3.8) is 0 Å². The van der Waals surface area contributed by atoms with Crippen LogP contribution in [-0.4, -0.2) is 12.1 Å². The number of nitrogens with one attached hydrogen (secondary N) is 1. The van der Waals surface area contributed by atoms with Crippen molar-refractivity contribution in [1.29, 1.82) is 0 Å². The summed E-state index contributed by atoms with van der Waals surface area (Å²) in [5, 5.41) is 3.90. The largest absolute Gasteiger partial charge is 0.311 e. The van der Waals surface area contributed by atoms with Gasteiger partial charge in [0.25, 0.3) is 0 Å². The van der Waals surface area contributed by atoms with Gasteiger partial charge in [-0.1, -0.05) is 68.2 Å². The predicted octanol–water partition coefficient (Wildman–Crippen LogP) is 4.79. The molecule has 3 rings (SSSR count). The van der Waals surface area contributed by atoms with E-state index in [2.05, 4.69) is 48.6 Å². The van der Waals surface area contributed by atoms with Gasteiger partial charge in [0.2, 0.25) is 0 Å². The lowest BCUT2D eigenvalue weighted by atomic mass is 9.95. The lowest BCUT2D eigenvalue weighted by molar-refractivity contribution is 0.367. The van der Waals surface area contributed by atoms with Crippen molar-refractivity contribution in [3.05, 3.63) is 41.5 Å². The van der Waals surface area contributed by atoms with E-state index in [4.69, 9.17) is 0 Å². The van der Waals surface area contributed by atoms with Crippen LogP contribution in [0.25, 0.3) is 6.08 Å². The zero-order valence-electron chi connectivity index (χ0n) is 12.6. The van der Waals surface area contributed by atoms with E-state index in [9.17, 15) is 0 Å². The molecule has 2 fully saturated rings. The molecule has 2 aliphatic rings. The Balaban J connectivity index is 1.57. The number of rotatable bonds is 5. The van der Waals surface area contributed by atoms with Crippen molar-refractivity contribution in [1.82, 2.24) is 5.32 Å². The van der Waals surface area contributed by atoms with Gasteiger partial charge in [0.1, 0.15) is 0 Å². The van der Waals surface area contributed by atoms with Crippen LogP contribution in [0, 0.1) is 5.92 Å². The average molecular weight is 269 g/mol. The number of benzene rings is 1. The molecule has 2 atom stereocenters. The first-order chi connectivity index (χ1) is 9.86. The predicted molar refractivity (Wildman–Crippen MR) is 86.6 cm³/mol. The van der Waals surface area contributed by atoms with E-state index in [0.29, 0.717) is 0 Å². The van der Waals surface area contributed by atoms with Crippen LogP contribution in [0.2, 0.25) is 0 Å². The fourth-order valence-corrected chi connectivity index (χ4v) is 3.60. The highest BCUT2D eigenvalue weighted by atomic mass is 15.0. The Kier molecular flexibility index (Phi) is 4.57. The molecule has 0 aromatic heterocycles. The third-order valence-electron chi connectivity index (χ3n) is 4.88. The monoisotopic (exact) mass is 269 g/mol. The SMILES string of the molecule is CC/C(=C\c1ccccc1)[C@@H]1CC1NC1CCCCC1. The Hall–Kier alpha value is -1.08. The molecule has 1 heteroatoms. The van der Waals surface area contributed by atoms with Crippen LogP contribution in [0.1, 0.15) is 57.4 Å². The zero-order chi connectivity index (χ0) is 13.8. The molecule has 2 saturated carbocycles. The highest BCUT2D eigenvalue weighted by Crippen LogP contribution is 2.40. The highest BCUT2D eigenvalue weighted by Gasteiger charge is 2.40. The van der Waals surface area contributed by atoms with E-state index >= 15 is 0 Å². The van der Waals surface area contributed by atoms with Gasteiger partial charge in [0.05, 0.1) is 0 Å². The molecular formula is C19H27N. The molecule has 0 bridgehead atoms. The van der Waals surface area contributed by atoms with Gasteiger partial charge in [0.15, 0.2) is 0 Å². The van der Waals surface area contributed by atoms with Gasteiger partial charge in [-0.25, -0.2) is 0 Å². The van der Waals surface area contributed by atoms with E-state index in [1.165, 1.54) is 50.5 Å². The summed E-state index contributed by atoms with van der Waals surface area (Å²) in [5.41, 5.74) is 2.98. The minimum atomic E-state index is 0.757.